The quantitative estimate of drug-likeness (QED) is 0.418. The second-order valence-electron chi connectivity index (χ2n) is 8.72. The molecule has 3 rings (SSSR count). The Hall–Kier alpha value is -0.950. The van der Waals surface area contributed by atoms with Crippen molar-refractivity contribution in [2.75, 3.05) is 20.3 Å². The average Bonchev–Trinajstić information content (AvgIpc) is 2.73. The predicted molar refractivity (Wildman–Crippen MR) is 113 cm³/mol. The van der Waals surface area contributed by atoms with Gasteiger partial charge in [-0.3, -0.25) is 4.18 Å². The van der Waals surface area contributed by atoms with Gasteiger partial charge in [0.2, 0.25) is 0 Å². The van der Waals surface area contributed by atoms with Gasteiger partial charge in [-0.15, -0.1) is 0 Å². The highest BCUT2D eigenvalue weighted by Gasteiger charge is 2.27. The minimum absolute atomic E-state index is 0.0683. The molecule has 0 atom stereocenters. The Balaban J connectivity index is 1.30. The summed E-state index contributed by atoms with van der Waals surface area (Å²) in [6, 6.07) is 6.70. The standard InChI is InChI=1S/C23H36O5S/c1-18-3-13-23(14-4-18)29(24,25)28-16-15-27-22-11-7-20(8-12-22)17-19-5-9-21(26-2)10-6-19/h3-4,13-14,19-22H,5-12,15-17H2,1-2H3. The molecule has 2 fully saturated rings. The van der Waals surface area contributed by atoms with Crippen molar-refractivity contribution in [2.45, 2.75) is 81.8 Å². The molecule has 5 nitrogen and oxygen atoms in total. The first-order chi connectivity index (χ1) is 14.0. The molecule has 0 spiro atoms. The molecule has 0 saturated heterocycles. The molecule has 1 aromatic rings. The molecular formula is C23H36O5S. The summed E-state index contributed by atoms with van der Waals surface area (Å²) in [6.07, 6.45) is 11.7. The van der Waals surface area contributed by atoms with E-state index in [4.69, 9.17) is 13.7 Å². The molecule has 2 saturated carbocycles. The van der Waals surface area contributed by atoms with Crippen LogP contribution in [0.4, 0.5) is 0 Å². The van der Waals surface area contributed by atoms with Crippen LogP contribution in [0.2, 0.25) is 0 Å². The molecular weight excluding hydrogens is 388 g/mol. The summed E-state index contributed by atoms with van der Waals surface area (Å²) in [5.41, 5.74) is 1.02. The Kier molecular flexibility index (Phi) is 8.54. The van der Waals surface area contributed by atoms with Crippen LogP contribution in [0.3, 0.4) is 0 Å². The Morgan fingerprint density at radius 2 is 1.38 bits per heavy atom. The highest BCUT2D eigenvalue weighted by Crippen LogP contribution is 2.36. The Morgan fingerprint density at radius 3 is 1.93 bits per heavy atom. The minimum Gasteiger partial charge on any atom is -0.381 e. The summed E-state index contributed by atoms with van der Waals surface area (Å²) >= 11 is 0. The van der Waals surface area contributed by atoms with Gasteiger partial charge in [-0.05, 0) is 88.7 Å². The molecule has 0 N–H and O–H groups in total. The van der Waals surface area contributed by atoms with Gasteiger partial charge in [0.15, 0.2) is 0 Å². The number of benzene rings is 1. The summed E-state index contributed by atoms with van der Waals surface area (Å²) < 4.78 is 40.9. The van der Waals surface area contributed by atoms with Gasteiger partial charge in [-0.1, -0.05) is 17.7 Å². The van der Waals surface area contributed by atoms with Crippen molar-refractivity contribution in [1.82, 2.24) is 0 Å². The van der Waals surface area contributed by atoms with Crippen molar-refractivity contribution in [1.29, 1.82) is 0 Å². The van der Waals surface area contributed by atoms with Crippen LogP contribution in [0.5, 0.6) is 0 Å². The highest BCUT2D eigenvalue weighted by atomic mass is 32.2. The zero-order chi connectivity index (χ0) is 20.7. The Bertz CT molecular complexity index is 699. The molecule has 1 aromatic carbocycles. The fourth-order valence-electron chi connectivity index (χ4n) is 4.74. The molecule has 0 aliphatic heterocycles. The first kappa shape index (κ1) is 22.7. The van der Waals surface area contributed by atoms with Crippen LogP contribution < -0.4 is 0 Å². The predicted octanol–water partition coefficient (Wildman–Crippen LogP) is 4.87. The highest BCUT2D eigenvalue weighted by molar-refractivity contribution is 7.86. The zero-order valence-corrected chi connectivity index (χ0v) is 18.7. The molecule has 164 valence electrons. The Labute approximate surface area is 176 Å². The van der Waals surface area contributed by atoms with Gasteiger partial charge < -0.3 is 9.47 Å². The van der Waals surface area contributed by atoms with Crippen LogP contribution >= 0.6 is 0 Å². The SMILES string of the molecule is COC1CCC(CC2CCC(OCCOS(=O)(=O)c3ccc(C)cc3)CC2)CC1. The third kappa shape index (κ3) is 7.06. The smallest absolute Gasteiger partial charge is 0.297 e. The lowest BCUT2D eigenvalue weighted by molar-refractivity contribution is 0.000556. The normalized spacial score (nSPS) is 28.3. The number of hydrogen-bond acceptors (Lipinski definition) is 5. The van der Waals surface area contributed by atoms with E-state index in [9.17, 15) is 8.42 Å². The molecule has 0 amide bonds. The van der Waals surface area contributed by atoms with E-state index in [0.717, 1.165) is 30.2 Å². The maximum Gasteiger partial charge on any atom is 0.297 e. The van der Waals surface area contributed by atoms with Crippen LogP contribution in [0.1, 0.15) is 63.4 Å². The second kappa shape index (κ2) is 10.9. The fourth-order valence-corrected chi connectivity index (χ4v) is 5.63. The number of aryl methyl sites for hydroxylation is 1. The zero-order valence-electron chi connectivity index (χ0n) is 17.8. The van der Waals surface area contributed by atoms with Crippen LogP contribution in [-0.4, -0.2) is 40.9 Å². The number of hydrogen-bond donors (Lipinski definition) is 0. The lowest BCUT2D eigenvalue weighted by Crippen LogP contribution is -2.26. The second-order valence-corrected chi connectivity index (χ2v) is 10.3. The van der Waals surface area contributed by atoms with Gasteiger partial charge in [0.05, 0.1) is 30.3 Å². The lowest BCUT2D eigenvalue weighted by Gasteiger charge is -2.33. The monoisotopic (exact) mass is 424 g/mol. The minimum atomic E-state index is -3.70. The molecule has 0 bridgehead atoms. The molecule has 0 radical (unpaired) electrons. The average molecular weight is 425 g/mol. The summed E-state index contributed by atoms with van der Waals surface area (Å²) in [4.78, 5) is 0.197. The van der Waals surface area contributed by atoms with E-state index in [1.165, 1.54) is 44.9 Å². The number of methoxy groups -OCH3 is 1. The van der Waals surface area contributed by atoms with Crippen molar-refractivity contribution >= 4 is 10.1 Å². The van der Waals surface area contributed by atoms with Crippen molar-refractivity contribution in [3.8, 4) is 0 Å². The third-order valence-electron chi connectivity index (χ3n) is 6.57. The summed E-state index contributed by atoms with van der Waals surface area (Å²) in [5.74, 6) is 1.68. The summed E-state index contributed by atoms with van der Waals surface area (Å²) in [6.45, 7) is 2.31. The van der Waals surface area contributed by atoms with Crippen LogP contribution in [0.15, 0.2) is 29.2 Å². The van der Waals surface area contributed by atoms with Gasteiger partial charge in [0.1, 0.15) is 0 Å². The van der Waals surface area contributed by atoms with Crippen molar-refractivity contribution < 1.29 is 22.1 Å². The Morgan fingerprint density at radius 1 is 0.828 bits per heavy atom. The van der Waals surface area contributed by atoms with Gasteiger partial charge in [-0.25, -0.2) is 0 Å². The molecule has 0 aromatic heterocycles. The molecule has 2 aliphatic rings. The summed E-state index contributed by atoms with van der Waals surface area (Å²) in [7, 11) is -1.87. The third-order valence-corrected chi connectivity index (χ3v) is 7.90. The van der Waals surface area contributed by atoms with E-state index >= 15 is 0 Å². The van der Waals surface area contributed by atoms with Gasteiger partial charge >= 0.3 is 0 Å². The molecule has 29 heavy (non-hydrogen) atoms. The van der Waals surface area contributed by atoms with E-state index in [0.29, 0.717) is 12.7 Å². The van der Waals surface area contributed by atoms with E-state index in [2.05, 4.69) is 0 Å². The van der Waals surface area contributed by atoms with Gasteiger partial charge in [0.25, 0.3) is 10.1 Å². The van der Waals surface area contributed by atoms with E-state index in [-0.39, 0.29) is 17.6 Å². The first-order valence-electron chi connectivity index (χ1n) is 11.1. The lowest BCUT2D eigenvalue weighted by atomic mass is 9.76. The van der Waals surface area contributed by atoms with Crippen LogP contribution in [-0.2, 0) is 23.8 Å². The van der Waals surface area contributed by atoms with E-state index in [1.807, 2.05) is 14.0 Å². The topological polar surface area (TPSA) is 61.8 Å². The molecule has 2 aliphatic carbocycles. The summed E-state index contributed by atoms with van der Waals surface area (Å²) in [5, 5.41) is 0. The van der Waals surface area contributed by atoms with Crippen molar-refractivity contribution in [3.63, 3.8) is 0 Å². The van der Waals surface area contributed by atoms with E-state index in [1.54, 1.807) is 24.3 Å². The number of ether oxygens (including phenoxy) is 2. The van der Waals surface area contributed by atoms with Crippen LogP contribution in [0, 0.1) is 18.8 Å². The fraction of sp³-hybridized carbons (Fsp3) is 0.739. The van der Waals surface area contributed by atoms with Gasteiger partial charge in [-0.2, -0.15) is 8.42 Å². The van der Waals surface area contributed by atoms with Crippen molar-refractivity contribution in [2.24, 2.45) is 11.8 Å². The molecule has 0 unspecified atom stereocenters. The first-order valence-corrected chi connectivity index (χ1v) is 12.5. The van der Waals surface area contributed by atoms with Crippen molar-refractivity contribution in [3.05, 3.63) is 29.8 Å². The maximum atomic E-state index is 12.2. The number of rotatable bonds is 9. The van der Waals surface area contributed by atoms with Gasteiger partial charge in [0, 0.05) is 7.11 Å². The van der Waals surface area contributed by atoms with E-state index < -0.39 is 10.1 Å². The maximum absolute atomic E-state index is 12.2. The molecule has 0 heterocycles. The largest absolute Gasteiger partial charge is 0.381 e. The van der Waals surface area contributed by atoms with Crippen LogP contribution in [0.25, 0.3) is 0 Å². The molecule has 6 heteroatoms.